The van der Waals surface area contributed by atoms with Crippen LogP contribution in [0, 0.1) is 0 Å². The van der Waals surface area contributed by atoms with Crippen LogP contribution in [0.5, 0.6) is 0 Å². The molecule has 0 saturated heterocycles. The van der Waals surface area contributed by atoms with Crippen molar-refractivity contribution in [1.29, 1.82) is 0 Å². The smallest absolute Gasteiger partial charge is 0.293 e. The summed E-state index contributed by atoms with van der Waals surface area (Å²) in [5, 5.41) is 2.53. The van der Waals surface area contributed by atoms with Gasteiger partial charge in [0.25, 0.3) is 11.7 Å². The third kappa shape index (κ3) is 2.82. The Balaban J connectivity index is 2.71. The number of Topliss-reactive ketones (excluding diaryl/α,β-unsaturated/α-hetero) is 1. The van der Waals surface area contributed by atoms with Gasteiger partial charge in [0, 0.05) is 6.04 Å². The standard InChI is InChI=1S/C9H10ClNO2S/c1-5(2)11-9(13)8(12)6-3-4-7(10)14-6/h3-5H,1-2H3,(H,11,13). The van der Waals surface area contributed by atoms with E-state index in [9.17, 15) is 9.59 Å². The fraction of sp³-hybridized carbons (Fsp3) is 0.333. The zero-order valence-corrected chi connectivity index (χ0v) is 9.41. The van der Waals surface area contributed by atoms with E-state index in [1.165, 1.54) is 0 Å². The van der Waals surface area contributed by atoms with Crippen molar-refractivity contribution >= 4 is 34.6 Å². The van der Waals surface area contributed by atoms with Crippen LogP contribution in [-0.4, -0.2) is 17.7 Å². The Labute approximate surface area is 91.1 Å². The van der Waals surface area contributed by atoms with Crippen LogP contribution in [0.15, 0.2) is 12.1 Å². The third-order valence-corrected chi connectivity index (χ3v) is 2.65. The highest BCUT2D eigenvalue weighted by Gasteiger charge is 2.18. The van der Waals surface area contributed by atoms with E-state index in [0.717, 1.165) is 11.3 Å². The summed E-state index contributed by atoms with van der Waals surface area (Å²) in [6, 6.07) is 3.11. The lowest BCUT2D eigenvalue weighted by Crippen LogP contribution is -2.35. The molecule has 1 aromatic rings. The summed E-state index contributed by atoms with van der Waals surface area (Å²) in [6.07, 6.45) is 0. The average molecular weight is 232 g/mol. The molecule has 0 bridgehead atoms. The summed E-state index contributed by atoms with van der Waals surface area (Å²) in [7, 11) is 0. The predicted octanol–water partition coefficient (Wildman–Crippen LogP) is 2.11. The summed E-state index contributed by atoms with van der Waals surface area (Å²) in [5.74, 6) is -1.12. The molecule has 0 fully saturated rings. The van der Waals surface area contributed by atoms with Crippen molar-refractivity contribution in [3.8, 4) is 0 Å². The highest BCUT2D eigenvalue weighted by atomic mass is 35.5. The van der Waals surface area contributed by atoms with E-state index in [1.807, 2.05) is 0 Å². The van der Waals surface area contributed by atoms with Crippen LogP contribution in [0.1, 0.15) is 23.5 Å². The second kappa shape index (κ2) is 4.57. The Kier molecular flexibility index (Phi) is 3.66. The van der Waals surface area contributed by atoms with Gasteiger partial charge in [-0.25, -0.2) is 0 Å². The molecule has 0 radical (unpaired) electrons. The summed E-state index contributed by atoms with van der Waals surface area (Å²) in [4.78, 5) is 23.1. The van der Waals surface area contributed by atoms with E-state index in [-0.39, 0.29) is 6.04 Å². The van der Waals surface area contributed by atoms with Gasteiger partial charge in [0.15, 0.2) is 0 Å². The molecule has 14 heavy (non-hydrogen) atoms. The van der Waals surface area contributed by atoms with Crippen molar-refractivity contribution in [2.75, 3.05) is 0 Å². The molecule has 3 nitrogen and oxygen atoms in total. The SMILES string of the molecule is CC(C)NC(=O)C(=O)c1ccc(Cl)s1. The summed E-state index contributed by atoms with van der Waals surface area (Å²) in [5.41, 5.74) is 0. The Bertz CT molecular complexity index is 359. The van der Waals surface area contributed by atoms with Crippen molar-refractivity contribution in [2.45, 2.75) is 19.9 Å². The molecular formula is C9H10ClNO2S. The molecule has 1 N–H and O–H groups in total. The lowest BCUT2D eigenvalue weighted by molar-refractivity contribution is -0.117. The first-order chi connectivity index (χ1) is 6.50. The minimum atomic E-state index is -0.585. The van der Waals surface area contributed by atoms with Crippen LogP contribution in [0.4, 0.5) is 0 Å². The van der Waals surface area contributed by atoms with E-state index in [0.29, 0.717) is 9.21 Å². The van der Waals surface area contributed by atoms with E-state index in [4.69, 9.17) is 11.6 Å². The van der Waals surface area contributed by atoms with Gasteiger partial charge in [-0.1, -0.05) is 11.6 Å². The van der Waals surface area contributed by atoms with Crippen LogP contribution in [-0.2, 0) is 4.79 Å². The quantitative estimate of drug-likeness (QED) is 0.640. The van der Waals surface area contributed by atoms with E-state index >= 15 is 0 Å². The molecule has 5 heteroatoms. The van der Waals surface area contributed by atoms with Gasteiger partial charge in [0.2, 0.25) is 0 Å². The van der Waals surface area contributed by atoms with Crippen LogP contribution >= 0.6 is 22.9 Å². The number of thiophene rings is 1. The van der Waals surface area contributed by atoms with Gasteiger partial charge in [-0.15, -0.1) is 11.3 Å². The van der Waals surface area contributed by atoms with Gasteiger partial charge in [-0.05, 0) is 26.0 Å². The number of ketones is 1. The maximum absolute atomic E-state index is 11.4. The van der Waals surface area contributed by atoms with Crippen molar-refractivity contribution in [3.05, 3.63) is 21.3 Å². The Morgan fingerprint density at radius 3 is 2.50 bits per heavy atom. The molecule has 1 rings (SSSR count). The normalized spacial score (nSPS) is 10.3. The minimum absolute atomic E-state index is 0.0399. The summed E-state index contributed by atoms with van der Waals surface area (Å²) in [6.45, 7) is 3.60. The molecule has 0 unspecified atom stereocenters. The van der Waals surface area contributed by atoms with Gasteiger partial charge < -0.3 is 5.32 Å². The molecule has 0 saturated carbocycles. The molecule has 0 aliphatic heterocycles. The van der Waals surface area contributed by atoms with Gasteiger partial charge in [-0.2, -0.15) is 0 Å². The number of hydrogen-bond acceptors (Lipinski definition) is 3. The fourth-order valence-corrected chi connectivity index (χ4v) is 1.86. The number of carbonyl (C=O) groups excluding carboxylic acids is 2. The first-order valence-corrected chi connectivity index (χ1v) is 5.30. The fourth-order valence-electron chi connectivity index (χ4n) is 0.876. The maximum Gasteiger partial charge on any atom is 0.293 e. The molecule has 0 aliphatic carbocycles. The molecule has 0 spiro atoms. The number of halogens is 1. The Morgan fingerprint density at radius 1 is 1.43 bits per heavy atom. The summed E-state index contributed by atoms with van der Waals surface area (Å²) < 4.78 is 0.505. The average Bonchev–Trinajstić information content (AvgIpc) is 2.49. The van der Waals surface area contributed by atoms with Crippen LogP contribution in [0.3, 0.4) is 0 Å². The zero-order valence-electron chi connectivity index (χ0n) is 7.83. The molecule has 0 aromatic carbocycles. The van der Waals surface area contributed by atoms with Crippen molar-refractivity contribution in [2.24, 2.45) is 0 Å². The third-order valence-electron chi connectivity index (χ3n) is 1.42. The van der Waals surface area contributed by atoms with Gasteiger partial charge in [-0.3, -0.25) is 9.59 Å². The van der Waals surface area contributed by atoms with Crippen LogP contribution < -0.4 is 5.32 Å². The highest BCUT2D eigenvalue weighted by Crippen LogP contribution is 2.21. The van der Waals surface area contributed by atoms with Gasteiger partial charge >= 0.3 is 0 Å². The predicted molar refractivity (Wildman–Crippen MR) is 56.9 cm³/mol. The molecule has 1 aromatic heterocycles. The minimum Gasteiger partial charge on any atom is -0.347 e. The number of rotatable bonds is 3. The van der Waals surface area contributed by atoms with Crippen molar-refractivity contribution in [3.63, 3.8) is 0 Å². The molecule has 0 atom stereocenters. The first-order valence-electron chi connectivity index (χ1n) is 4.11. The monoisotopic (exact) mass is 231 g/mol. The van der Waals surface area contributed by atoms with E-state index in [2.05, 4.69) is 5.32 Å². The van der Waals surface area contributed by atoms with Crippen LogP contribution in [0.25, 0.3) is 0 Å². The van der Waals surface area contributed by atoms with Gasteiger partial charge in [0.1, 0.15) is 0 Å². The van der Waals surface area contributed by atoms with Crippen LogP contribution in [0.2, 0.25) is 4.34 Å². The maximum atomic E-state index is 11.4. The molecular weight excluding hydrogens is 222 g/mol. The lowest BCUT2D eigenvalue weighted by Gasteiger charge is -2.05. The Hall–Kier alpha value is -0.870. The van der Waals surface area contributed by atoms with E-state index in [1.54, 1.807) is 26.0 Å². The van der Waals surface area contributed by atoms with Crippen molar-refractivity contribution in [1.82, 2.24) is 5.32 Å². The van der Waals surface area contributed by atoms with Gasteiger partial charge in [0.05, 0.1) is 9.21 Å². The van der Waals surface area contributed by atoms with E-state index < -0.39 is 11.7 Å². The second-order valence-electron chi connectivity index (χ2n) is 3.06. The Morgan fingerprint density at radius 2 is 2.07 bits per heavy atom. The number of nitrogens with one attached hydrogen (secondary N) is 1. The number of carbonyl (C=O) groups is 2. The summed E-state index contributed by atoms with van der Waals surface area (Å²) >= 11 is 6.76. The van der Waals surface area contributed by atoms with Crippen molar-refractivity contribution < 1.29 is 9.59 Å². The zero-order chi connectivity index (χ0) is 10.7. The molecule has 1 heterocycles. The largest absolute Gasteiger partial charge is 0.347 e. The highest BCUT2D eigenvalue weighted by molar-refractivity contribution is 7.18. The molecule has 1 amide bonds. The second-order valence-corrected chi connectivity index (χ2v) is 4.78. The first kappa shape index (κ1) is 11.2. The number of amides is 1. The topological polar surface area (TPSA) is 46.2 Å². The number of hydrogen-bond donors (Lipinski definition) is 1. The lowest BCUT2D eigenvalue weighted by atomic mass is 10.3. The molecule has 76 valence electrons. The molecule has 0 aliphatic rings.